The van der Waals surface area contributed by atoms with Gasteiger partial charge in [0.15, 0.2) is 0 Å². The Kier molecular flexibility index (Phi) is 3.33. The van der Waals surface area contributed by atoms with Gasteiger partial charge in [-0.1, -0.05) is 0 Å². The van der Waals surface area contributed by atoms with Gasteiger partial charge in [-0.25, -0.2) is 0 Å². The van der Waals surface area contributed by atoms with Crippen molar-refractivity contribution in [1.82, 2.24) is 0 Å². The Labute approximate surface area is 57.4 Å². The van der Waals surface area contributed by atoms with Crippen LogP contribution in [-0.2, 0) is 0 Å². The summed E-state index contributed by atoms with van der Waals surface area (Å²) in [7, 11) is 0. The zero-order valence-electron chi connectivity index (χ0n) is 3.42. The number of rotatable bonds is 2. The van der Waals surface area contributed by atoms with Crippen LogP contribution in [0.5, 0.6) is 0 Å². The average Bonchev–Trinajstić information content (AvgIpc) is 1.27. The molecule has 0 aliphatic rings. The summed E-state index contributed by atoms with van der Waals surface area (Å²) < 4.78 is -2.25. The van der Waals surface area contributed by atoms with E-state index < -0.39 is 38.0 Å². The van der Waals surface area contributed by atoms with Crippen LogP contribution in [0.4, 0.5) is 9.59 Å². The van der Waals surface area contributed by atoms with Crippen molar-refractivity contribution in [2.45, 2.75) is 0 Å². The maximum absolute atomic E-state index is 9.51. The first-order valence-electron chi connectivity index (χ1n) is 1.56. The van der Waals surface area contributed by atoms with E-state index >= 15 is 0 Å². The van der Waals surface area contributed by atoms with Crippen molar-refractivity contribution in [1.29, 1.82) is 0 Å². The van der Waals surface area contributed by atoms with Crippen LogP contribution in [-0.4, -0.2) is 48.2 Å². The molecule has 0 saturated heterocycles. The van der Waals surface area contributed by atoms with Crippen molar-refractivity contribution in [3.05, 3.63) is 0 Å². The van der Waals surface area contributed by atoms with E-state index in [9.17, 15) is 9.59 Å². The van der Waals surface area contributed by atoms with Gasteiger partial charge in [0, 0.05) is 0 Å². The molecule has 0 aromatic heterocycles. The van der Waals surface area contributed by atoms with Crippen molar-refractivity contribution < 1.29 is 19.8 Å². The van der Waals surface area contributed by atoms with E-state index in [1.54, 1.807) is 0 Å². The van der Waals surface area contributed by atoms with E-state index in [-0.39, 0.29) is 0 Å². The molecule has 0 aromatic carbocycles. The fraction of sp³-hybridized carbons (Fsp3) is 0. The summed E-state index contributed by atoms with van der Waals surface area (Å²) in [6.07, 6.45) is 0. The molecule has 0 atom stereocenters. The van der Waals surface area contributed by atoms with Crippen molar-refractivity contribution >= 4 is 38.0 Å². The number of carboxylic acid groups (broad SMARTS) is 2. The van der Waals surface area contributed by atoms with Gasteiger partial charge in [-0.15, -0.1) is 0 Å². The molecule has 0 bridgehead atoms. The molecule has 0 amide bonds. The van der Waals surface area contributed by atoms with Crippen molar-refractivity contribution in [3.8, 4) is 0 Å². The molecule has 0 spiro atoms. The second-order valence-electron chi connectivity index (χ2n) is 0.964. The molecule has 0 unspecified atom stereocenters. The van der Waals surface area contributed by atoms with Gasteiger partial charge in [0.2, 0.25) is 0 Å². The maximum atomic E-state index is 9.51. The van der Waals surface area contributed by atoms with Crippen LogP contribution in [0.15, 0.2) is 0 Å². The minimum atomic E-state index is -2.26. The van der Waals surface area contributed by atoms with Crippen LogP contribution in [0.1, 0.15) is 0 Å². The van der Waals surface area contributed by atoms with Crippen molar-refractivity contribution in [2.24, 2.45) is 0 Å². The zero-order valence-corrected chi connectivity index (χ0v) is 5.63. The zero-order chi connectivity index (χ0) is 5.86. The molecule has 0 saturated carbocycles. The van der Waals surface area contributed by atoms with E-state index in [1.165, 1.54) is 0 Å². The first kappa shape index (κ1) is 7.20. The second-order valence-corrected chi connectivity index (χ2v) is 3.41. The molecule has 0 aliphatic carbocycles. The van der Waals surface area contributed by atoms with E-state index in [2.05, 4.69) is 0 Å². The monoisotopic (exact) mass is 130 g/mol. The molecule has 36 valence electrons. The molecular formula is C2H2CaO4. The number of carbonyl (C=O) groups is 2. The summed E-state index contributed by atoms with van der Waals surface area (Å²) in [4.78, 5) is 19.0. The molecule has 0 radical (unpaired) electrons. The summed E-state index contributed by atoms with van der Waals surface area (Å²) in [5.41, 5.74) is 0. The van der Waals surface area contributed by atoms with Gasteiger partial charge in [0.05, 0.1) is 0 Å². The molecule has 4 nitrogen and oxygen atoms in total. The Hall–Kier alpha value is 0.200. The van der Waals surface area contributed by atoms with Crippen LogP contribution in [0, 0.1) is 0 Å². The Bertz CT molecular complexity index is 85.9. The first-order chi connectivity index (χ1) is 3.13. The molecule has 0 fully saturated rings. The third-order valence-electron chi connectivity index (χ3n) is 0.302. The summed E-state index contributed by atoms with van der Waals surface area (Å²) >= 11 is -2.26. The van der Waals surface area contributed by atoms with E-state index in [0.29, 0.717) is 0 Å². The van der Waals surface area contributed by atoms with Gasteiger partial charge in [-0.2, -0.15) is 0 Å². The van der Waals surface area contributed by atoms with Crippen molar-refractivity contribution in [3.63, 3.8) is 0 Å². The molecule has 0 aliphatic heterocycles. The predicted octanol–water partition coefficient (Wildman–Crippen LogP) is 0.0466. The van der Waals surface area contributed by atoms with Crippen LogP contribution < -0.4 is 0 Å². The van der Waals surface area contributed by atoms with E-state index in [0.717, 1.165) is 0 Å². The van der Waals surface area contributed by atoms with Gasteiger partial charge in [-0.05, 0) is 0 Å². The Morgan fingerprint density at radius 2 is 1.43 bits per heavy atom. The standard InChI is InChI=1S/2CHO2.Ca/c2*2-1-3;/h2*(H,2,3);. The molecule has 7 heavy (non-hydrogen) atoms. The van der Waals surface area contributed by atoms with Crippen LogP contribution in [0.2, 0.25) is 0 Å². The predicted molar refractivity (Wildman–Crippen MR) is 21.8 cm³/mol. The number of hydrogen-bond acceptors (Lipinski definition) is 2. The Morgan fingerprint density at radius 1 is 1.14 bits per heavy atom. The van der Waals surface area contributed by atoms with E-state index in [4.69, 9.17) is 10.2 Å². The van der Waals surface area contributed by atoms with Crippen LogP contribution in [0.25, 0.3) is 0 Å². The fourth-order valence-electron chi connectivity index (χ4n) is 0.129. The van der Waals surface area contributed by atoms with Crippen molar-refractivity contribution in [2.75, 3.05) is 0 Å². The minimum absolute atomic E-state index is 1.12. The van der Waals surface area contributed by atoms with Gasteiger partial charge >= 0.3 is 57.8 Å². The van der Waals surface area contributed by atoms with Gasteiger partial charge in [0.1, 0.15) is 0 Å². The molecule has 0 heterocycles. The molecule has 2 N–H and O–H groups in total. The summed E-state index contributed by atoms with van der Waals surface area (Å²) in [5, 5.41) is 15.6. The Morgan fingerprint density at radius 3 is 1.43 bits per heavy atom. The normalized spacial score (nSPS) is 6.86. The average molecular weight is 130 g/mol. The van der Waals surface area contributed by atoms with Gasteiger partial charge in [0.25, 0.3) is 0 Å². The molecular weight excluding hydrogens is 128 g/mol. The van der Waals surface area contributed by atoms with Gasteiger partial charge in [-0.3, -0.25) is 0 Å². The molecule has 0 aromatic rings. The SMILES string of the molecule is O=[C](O)[Ca][C](=O)O. The topological polar surface area (TPSA) is 74.6 Å². The summed E-state index contributed by atoms with van der Waals surface area (Å²) in [6.45, 7) is 0. The quantitative estimate of drug-likeness (QED) is 0.518. The summed E-state index contributed by atoms with van der Waals surface area (Å²) in [5.74, 6) is 0. The van der Waals surface area contributed by atoms with Gasteiger partial charge < -0.3 is 0 Å². The number of hydrogen-bond donors (Lipinski definition) is 2. The van der Waals surface area contributed by atoms with Crippen LogP contribution >= 0.6 is 0 Å². The van der Waals surface area contributed by atoms with Crippen LogP contribution in [0.3, 0.4) is 0 Å². The fourth-order valence-corrected chi connectivity index (χ4v) is 0.533. The Balaban J connectivity index is 3.32. The first-order valence-corrected chi connectivity index (χ1v) is 3.77. The van der Waals surface area contributed by atoms with E-state index in [1.807, 2.05) is 0 Å². The third-order valence-corrected chi connectivity index (χ3v) is 1.25. The molecule has 0 rings (SSSR count). The second kappa shape index (κ2) is 3.23. The summed E-state index contributed by atoms with van der Waals surface area (Å²) in [6, 6.07) is 0. The third kappa shape index (κ3) is 6.20. The molecule has 5 heteroatoms.